The van der Waals surface area contributed by atoms with Gasteiger partial charge in [0.15, 0.2) is 0 Å². The Hall–Kier alpha value is -0.910. The molecule has 1 heterocycles. The molecule has 2 rings (SSSR count). The lowest BCUT2D eigenvalue weighted by Crippen LogP contribution is -2.24. The predicted molar refractivity (Wildman–Crippen MR) is 80.3 cm³/mol. The first-order chi connectivity index (χ1) is 9.11. The van der Waals surface area contributed by atoms with Gasteiger partial charge in [0, 0.05) is 29.0 Å². The number of benzene rings is 1. The summed E-state index contributed by atoms with van der Waals surface area (Å²) in [5.41, 5.74) is 1.18. The van der Waals surface area contributed by atoms with E-state index in [1.165, 1.54) is 5.56 Å². The van der Waals surface area contributed by atoms with Crippen LogP contribution in [-0.4, -0.2) is 21.3 Å². The fourth-order valence-corrected chi connectivity index (χ4v) is 2.97. The van der Waals surface area contributed by atoms with Gasteiger partial charge in [-0.15, -0.1) is 0 Å². The molecule has 0 spiro atoms. The molecule has 1 atom stereocenters. The van der Waals surface area contributed by atoms with Crippen molar-refractivity contribution >= 4 is 27.5 Å². The predicted octanol–water partition coefficient (Wildman–Crippen LogP) is 3.12. The van der Waals surface area contributed by atoms with Crippen LogP contribution in [0.2, 0.25) is 5.02 Å². The summed E-state index contributed by atoms with van der Waals surface area (Å²) in [5.74, 6) is 0.952. The van der Waals surface area contributed by atoms with Crippen molar-refractivity contribution in [3.63, 3.8) is 0 Å². The molecule has 0 amide bonds. The van der Waals surface area contributed by atoms with Crippen LogP contribution >= 0.6 is 27.5 Å². The van der Waals surface area contributed by atoms with Crippen LogP contribution in [0.4, 0.5) is 0 Å². The van der Waals surface area contributed by atoms with Crippen molar-refractivity contribution < 1.29 is 0 Å². The number of rotatable bonds is 5. The molecule has 6 heteroatoms. The number of halogens is 2. The van der Waals surface area contributed by atoms with E-state index in [1.807, 2.05) is 25.2 Å². The Balaban J connectivity index is 2.27. The fourth-order valence-electron chi connectivity index (χ4n) is 2.01. The van der Waals surface area contributed by atoms with Gasteiger partial charge in [-0.2, -0.15) is 5.10 Å². The van der Waals surface area contributed by atoms with Gasteiger partial charge in [-0.3, -0.25) is 4.68 Å². The second kappa shape index (κ2) is 6.50. The highest BCUT2D eigenvalue weighted by molar-refractivity contribution is 9.10. The number of hydrogen-bond acceptors (Lipinski definition) is 3. The number of aryl methyl sites for hydroxylation is 1. The summed E-state index contributed by atoms with van der Waals surface area (Å²) in [6.45, 7) is 2.98. The smallest absolute Gasteiger partial charge is 0.138 e. The average molecular weight is 344 g/mol. The molecular formula is C13H16BrClN4. The Kier molecular flexibility index (Phi) is 4.96. The minimum absolute atomic E-state index is 0.180. The monoisotopic (exact) mass is 342 g/mol. The van der Waals surface area contributed by atoms with Crippen LogP contribution in [-0.2, 0) is 13.5 Å². The van der Waals surface area contributed by atoms with E-state index in [1.54, 1.807) is 11.0 Å². The molecule has 0 aliphatic rings. The zero-order valence-electron chi connectivity index (χ0n) is 10.9. The highest BCUT2D eigenvalue weighted by atomic mass is 79.9. The van der Waals surface area contributed by atoms with Crippen LogP contribution in [0.3, 0.4) is 0 Å². The summed E-state index contributed by atoms with van der Waals surface area (Å²) in [5, 5.41) is 8.30. The maximum absolute atomic E-state index is 5.99. The Morgan fingerprint density at radius 3 is 2.84 bits per heavy atom. The molecule has 0 radical (unpaired) electrons. The quantitative estimate of drug-likeness (QED) is 0.907. The Morgan fingerprint density at radius 2 is 2.26 bits per heavy atom. The third kappa shape index (κ3) is 3.55. The van der Waals surface area contributed by atoms with E-state index in [0.717, 1.165) is 28.3 Å². The lowest BCUT2D eigenvalue weighted by molar-refractivity contribution is 0.520. The molecule has 102 valence electrons. The maximum atomic E-state index is 5.99. The van der Waals surface area contributed by atoms with E-state index >= 15 is 0 Å². The lowest BCUT2D eigenvalue weighted by Gasteiger charge is -2.19. The van der Waals surface area contributed by atoms with Gasteiger partial charge < -0.3 is 5.32 Å². The summed E-state index contributed by atoms with van der Waals surface area (Å²) >= 11 is 9.56. The normalized spacial score (nSPS) is 12.6. The molecule has 0 fully saturated rings. The first-order valence-corrected chi connectivity index (χ1v) is 7.30. The van der Waals surface area contributed by atoms with Crippen LogP contribution in [0.5, 0.6) is 0 Å². The lowest BCUT2D eigenvalue weighted by atomic mass is 10.0. The summed E-state index contributed by atoms with van der Waals surface area (Å²) in [4.78, 5) is 4.28. The zero-order valence-corrected chi connectivity index (χ0v) is 13.2. The Labute approximate surface area is 126 Å². The molecular weight excluding hydrogens is 328 g/mol. The summed E-state index contributed by atoms with van der Waals surface area (Å²) in [6.07, 6.45) is 2.36. The number of aromatic nitrogens is 3. The molecule has 2 aromatic rings. The van der Waals surface area contributed by atoms with E-state index in [4.69, 9.17) is 11.6 Å². The van der Waals surface area contributed by atoms with Crippen molar-refractivity contribution in [1.82, 2.24) is 20.1 Å². The fraction of sp³-hybridized carbons (Fsp3) is 0.385. The molecule has 1 aromatic carbocycles. The number of hydrogen-bond donors (Lipinski definition) is 1. The Morgan fingerprint density at radius 1 is 1.47 bits per heavy atom. The van der Waals surface area contributed by atoms with Gasteiger partial charge in [-0.1, -0.05) is 40.5 Å². The van der Waals surface area contributed by atoms with Crippen LogP contribution in [0.15, 0.2) is 29.0 Å². The van der Waals surface area contributed by atoms with Gasteiger partial charge in [0.05, 0.1) is 0 Å². The van der Waals surface area contributed by atoms with E-state index < -0.39 is 0 Å². The van der Waals surface area contributed by atoms with Crippen molar-refractivity contribution in [1.29, 1.82) is 0 Å². The van der Waals surface area contributed by atoms with E-state index in [-0.39, 0.29) is 6.04 Å². The molecule has 1 aromatic heterocycles. The zero-order chi connectivity index (χ0) is 13.8. The Bertz CT molecular complexity index is 555. The molecule has 4 nitrogen and oxygen atoms in total. The second-order valence-electron chi connectivity index (χ2n) is 4.28. The van der Waals surface area contributed by atoms with Crippen LogP contribution in [0.25, 0.3) is 0 Å². The number of nitrogens with zero attached hydrogens (tertiary/aromatic N) is 3. The van der Waals surface area contributed by atoms with Crippen molar-refractivity contribution in [2.24, 2.45) is 7.05 Å². The third-order valence-corrected chi connectivity index (χ3v) is 3.90. The molecule has 0 aliphatic heterocycles. The van der Waals surface area contributed by atoms with Gasteiger partial charge in [-0.05, 0) is 24.2 Å². The van der Waals surface area contributed by atoms with Crippen LogP contribution < -0.4 is 5.32 Å². The van der Waals surface area contributed by atoms with Gasteiger partial charge in [0.1, 0.15) is 12.2 Å². The minimum Gasteiger partial charge on any atom is -0.310 e. The van der Waals surface area contributed by atoms with Crippen LogP contribution in [0, 0.1) is 0 Å². The largest absolute Gasteiger partial charge is 0.310 e. The molecule has 1 N–H and O–H groups in total. The summed E-state index contributed by atoms with van der Waals surface area (Å²) < 4.78 is 2.81. The molecule has 0 saturated heterocycles. The van der Waals surface area contributed by atoms with Crippen molar-refractivity contribution in [2.45, 2.75) is 19.4 Å². The molecule has 0 saturated carbocycles. The SMILES string of the molecule is CCNC(Cc1ncnn1C)c1ccc(Cl)cc1Br. The van der Waals surface area contributed by atoms with E-state index in [9.17, 15) is 0 Å². The highest BCUT2D eigenvalue weighted by Crippen LogP contribution is 2.28. The van der Waals surface area contributed by atoms with Gasteiger partial charge in [-0.25, -0.2) is 4.98 Å². The van der Waals surface area contributed by atoms with Crippen molar-refractivity contribution in [3.05, 3.63) is 45.4 Å². The standard InChI is InChI=1S/C13H16BrClN4/c1-3-16-12(7-13-17-8-18-19(13)2)10-5-4-9(15)6-11(10)14/h4-6,8,12,16H,3,7H2,1-2H3. The summed E-state index contributed by atoms with van der Waals surface area (Å²) in [7, 11) is 1.91. The number of likely N-dealkylation sites (N-methyl/N-ethyl adjacent to an activating group) is 1. The average Bonchev–Trinajstić information content (AvgIpc) is 2.75. The van der Waals surface area contributed by atoms with Crippen molar-refractivity contribution in [3.8, 4) is 0 Å². The van der Waals surface area contributed by atoms with E-state index in [2.05, 4.69) is 38.3 Å². The van der Waals surface area contributed by atoms with Gasteiger partial charge in [0.25, 0.3) is 0 Å². The first-order valence-electron chi connectivity index (χ1n) is 6.13. The van der Waals surface area contributed by atoms with Crippen molar-refractivity contribution in [2.75, 3.05) is 6.54 Å². The topological polar surface area (TPSA) is 42.7 Å². The third-order valence-electron chi connectivity index (χ3n) is 2.98. The summed E-state index contributed by atoms with van der Waals surface area (Å²) in [6, 6.07) is 6.04. The second-order valence-corrected chi connectivity index (χ2v) is 5.57. The van der Waals surface area contributed by atoms with Gasteiger partial charge in [0.2, 0.25) is 0 Å². The maximum Gasteiger partial charge on any atom is 0.138 e. The highest BCUT2D eigenvalue weighted by Gasteiger charge is 2.16. The molecule has 1 unspecified atom stereocenters. The van der Waals surface area contributed by atoms with Gasteiger partial charge >= 0.3 is 0 Å². The van der Waals surface area contributed by atoms with E-state index in [0.29, 0.717) is 0 Å². The molecule has 0 aliphatic carbocycles. The molecule has 0 bridgehead atoms. The van der Waals surface area contributed by atoms with Crippen LogP contribution in [0.1, 0.15) is 24.4 Å². The minimum atomic E-state index is 0.180. The molecule has 19 heavy (non-hydrogen) atoms. The first kappa shape index (κ1) is 14.5. The number of nitrogens with one attached hydrogen (secondary N) is 1.